The van der Waals surface area contributed by atoms with E-state index in [2.05, 4.69) is 18.0 Å². The van der Waals surface area contributed by atoms with Gasteiger partial charge in [-0.15, -0.1) is 11.3 Å². The van der Waals surface area contributed by atoms with Crippen molar-refractivity contribution in [2.24, 2.45) is 5.92 Å². The summed E-state index contributed by atoms with van der Waals surface area (Å²) in [7, 11) is 0. The molecule has 7 heteroatoms. The van der Waals surface area contributed by atoms with Crippen LogP contribution in [0.5, 0.6) is 0 Å². The first-order chi connectivity index (χ1) is 14.6. The van der Waals surface area contributed by atoms with Gasteiger partial charge in [0.2, 0.25) is 0 Å². The zero-order valence-electron chi connectivity index (χ0n) is 16.9. The highest BCUT2D eigenvalue weighted by Crippen LogP contribution is 2.31. The third-order valence-corrected chi connectivity index (χ3v) is 7.41. The van der Waals surface area contributed by atoms with E-state index in [0.29, 0.717) is 11.5 Å². The predicted molar refractivity (Wildman–Crippen MR) is 121 cm³/mol. The minimum atomic E-state index is -0.459. The highest BCUT2D eigenvalue weighted by atomic mass is 32.2. The number of rotatable bonds is 6. The number of thioether (sulfide) groups is 1. The molecule has 0 spiro atoms. The molecule has 2 aromatic carbocycles. The zero-order chi connectivity index (χ0) is 20.9. The number of thiazole rings is 1. The van der Waals surface area contributed by atoms with Gasteiger partial charge in [-0.05, 0) is 48.6 Å². The van der Waals surface area contributed by atoms with Gasteiger partial charge in [-0.3, -0.25) is 4.79 Å². The Morgan fingerprint density at radius 1 is 1.20 bits per heavy atom. The third kappa shape index (κ3) is 5.21. The minimum Gasteiger partial charge on any atom is -0.452 e. The maximum Gasteiger partial charge on any atom is 0.338 e. The van der Waals surface area contributed by atoms with Gasteiger partial charge in [-0.25, -0.2) is 9.78 Å². The number of benzene rings is 2. The molecule has 1 aliphatic heterocycles. The Balaban J connectivity index is 1.27. The zero-order valence-corrected chi connectivity index (χ0v) is 18.5. The van der Waals surface area contributed by atoms with Crippen LogP contribution in [0, 0.1) is 5.92 Å². The van der Waals surface area contributed by atoms with Crippen LogP contribution in [0.15, 0.2) is 52.9 Å². The molecule has 5 nitrogen and oxygen atoms in total. The van der Waals surface area contributed by atoms with E-state index in [1.54, 1.807) is 40.1 Å². The molecule has 1 amide bonds. The van der Waals surface area contributed by atoms with Crippen molar-refractivity contribution >= 4 is 45.2 Å². The van der Waals surface area contributed by atoms with Crippen molar-refractivity contribution in [3.05, 3.63) is 59.7 Å². The number of carbonyl (C=O) groups is 2. The smallest absolute Gasteiger partial charge is 0.338 e. The van der Waals surface area contributed by atoms with E-state index >= 15 is 0 Å². The first-order valence-electron chi connectivity index (χ1n) is 10.1. The first-order valence-corrected chi connectivity index (χ1v) is 11.9. The number of nitrogens with zero attached hydrogens (tertiary/aromatic N) is 2. The molecule has 0 N–H and O–H groups in total. The van der Waals surface area contributed by atoms with Crippen molar-refractivity contribution < 1.29 is 14.3 Å². The molecule has 0 aliphatic carbocycles. The number of likely N-dealkylation sites (tertiary alicyclic amines) is 1. The van der Waals surface area contributed by atoms with Crippen LogP contribution in [-0.4, -0.2) is 41.5 Å². The molecular weight excluding hydrogens is 416 g/mol. The molecule has 0 radical (unpaired) electrons. The van der Waals surface area contributed by atoms with Crippen LogP contribution < -0.4 is 0 Å². The van der Waals surface area contributed by atoms with Crippen molar-refractivity contribution in [1.29, 1.82) is 0 Å². The van der Waals surface area contributed by atoms with Crippen molar-refractivity contribution in [3.63, 3.8) is 0 Å². The summed E-state index contributed by atoms with van der Waals surface area (Å²) in [4.78, 5) is 31.0. The molecule has 1 saturated heterocycles. The summed E-state index contributed by atoms with van der Waals surface area (Å²) >= 11 is 3.37. The lowest BCUT2D eigenvalue weighted by Crippen LogP contribution is -2.41. The Labute approximate surface area is 184 Å². The number of para-hydroxylation sites is 1. The number of piperidine rings is 1. The van der Waals surface area contributed by atoms with Gasteiger partial charge in [0.1, 0.15) is 0 Å². The molecule has 1 aliphatic rings. The molecular formula is C23H24N2O3S2. The third-order valence-electron chi connectivity index (χ3n) is 5.16. The van der Waals surface area contributed by atoms with E-state index in [0.717, 1.165) is 47.1 Å². The molecule has 0 unspecified atom stereocenters. The Hall–Kier alpha value is -2.38. The number of hydrogen-bond donors (Lipinski definition) is 0. The summed E-state index contributed by atoms with van der Waals surface area (Å²) in [6.45, 7) is 3.45. The number of ether oxygens (including phenoxy) is 1. The first kappa shape index (κ1) is 20.9. The fourth-order valence-corrected chi connectivity index (χ4v) is 5.54. The average molecular weight is 441 g/mol. The maximum absolute atomic E-state index is 12.3. The number of carbonyl (C=O) groups excluding carboxylic acids is 2. The van der Waals surface area contributed by atoms with Crippen LogP contribution in [-0.2, 0) is 15.3 Å². The molecule has 1 aromatic heterocycles. The highest BCUT2D eigenvalue weighted by Gasteiger charge is 2.22. The van der Waals surface area contributed by atoms with Gasteiger partial charge in [-0.1, -0.05) is 43.0 Å². The lowest BCUT2D eigenvalue weighted by molar-refractivity contribution is -0.136. The number of amides is 1. The van der Waals surface area contributed by atoms with Gasteiger partial charge < -0.3 is 9.64 Å². The standard InChI is InChI=1S/C23H24N2O3S2/c1-16-5-4-12-25(13-16)21(26)14-28-22(27)18-10-8-17(9-11-18)15-29-23-24-19-6-2-3-7-20(19)30-23/h2-3,6-11,16H,4-5,12-15H2,1H3/t16-/m1/s1. The van der Waals surface area contributed by atoms with E-state index < -0.39 is 5.97 Å². The number of fused-ring (bicyclic) bond motifs is 1. The summed E-state index contributed by atoms with van der Waals surface area (Å²) in [5.74, 6) is 0.713. The summed E-state index contributed by atoms with van der Waals surface area (Å²) in [5, 5.41) is 0. The van der Waals surface area contributed by atoms with Crippen molar-refractivity contribution in [2.75, 3.05) is 19.7 Å². The predicted octanol–water partition coefficient (Wildman–Crippen LogP) is 5.00. The minimum absolute atomic E-state index is 0.112. The number of aromatic nitrogens is 1. The second-order valence-corrected chi connectivity index (χ2v) is 9.85. The van der Waals surface area contributed by atoms with Crippen LogP contribution in [0.3, 0.4) is 0 Å². The van der Waals surface area contributed by atoms with Crippen LogP contribution in [0.1, 0.15) is 35.7 Å². The van der Waals surface area contributed by atoms with Crippen molar-refractivity contribution in [1.82, 2.24) is 9.88 Å². The Morgan fingerprint density at radius 3 is 2.77 bits per heavy atom. The molecule has 4 rings (SSSR count). The van der Waals surface area contributed by atoms with Crippen molar-refractivity contribution in [2.45, 2.75) is 29.9 Å². The lowest BCUT2D eigenvalue weighted by atomic mass is 10.0. The number of hydrogen-bond acceptors (Lipinski definition) is 6. The number of esters is 1. The van der Waals surface area contributed by atoms with E-state index in [1.807, 2.05) is 30.3 Å². The normalized spacial score (nSPS) is 16.6. The van der Waals surface area contributed by atoms with Gasteiger partial charge in [0.05, 0.1) is 15.8 Å². The quantitative estimate of drug-likeness (QED) is 0.399. The van der Waals surface area contributed by atoms with E-state index in [-0.39, 0.29) is 12.5 Å². The second-order valence-electron chi connectivity index (χ2n) is 7.60. The van der Waals surface area contributed by atoms with Crippen molar-refractivity contribution in [3.8, 4) is 0 Å². The molecule has 3 aromatic rings. The SMILES string of the molecule is C[C@@H]1CCCN(C(=O)COC(=O)c2ccc(CSc3nc4ccccc4s3)cc2)C1. The van der Waals surface area contributed by atoms with Gasteiger partial charge in [0.15, 0.2) is 10.9 Å². The summed E-state index contributed by atoms with van der Waals surface area (Å²) < 4.78 is 7.46. The fourth-order valence-electron chi connectivity index (χ4n) is 3.51. The summed E-state index contributed by atoms with van der Waals surface area (Å²) in [6.07, 6.45) is 2.16. The molecule has 1 fully saturated rings. The Bertz CT molecular complexity index is 999. The molecule has 0 bridgehead atoms. The Kier molecular flexibility index (Phi) is 6.69. The van der Waals surface area contributed by atoms with Gasteiger partial charge in [0.25, 0.3) is 5.91 Å². The monoisotopic (exact) mass is 440 g/mol. The molecule has 30 heavy (non-hydrogen) atoms. The van der Waals surface area contributed by atoms with E-state index in [1.165, 1.54) is 4.70 Å². The Morgan fingerprint density at radius 2 is 2.00 bits per heavy atom. The molecule has 0 saturated carbocycles. The topological polar surface area (TPSA) is 59.5 Å². The summed E-state index contributed by atoms with van der Waals surface area (Å²) in [5.41, 5.74) is 2.59. The molecule has 1 atom stereocenters. The average Bonchev–Trinajstić information content (AvgIpc) is 3.19. The second kappa shape index (κ2) is 9.62. The summed E-state index contributed by atoms with van der Waals surface area (Å²) in [6, 6.07) is 15.5. The largest absolute Gasteiger partial charge is 0.452 e. The fraction of sp³-hybridized carbons (Fsp3) is 0.348. The molecule has 156 valence electrons. The van der Waals surface area contributed by atoms with Gasteiger partial charge >= 0.3 is 5.97 Å². The van der Waals surface area contributed by atoms with Crippen LogP contribution >= 0.6 is 23.1 Å². The van der Waals surface area contributed by atoms with E-state index in [4.69, 9.17) is 4.74 Å². The van der Waals surface area contributed by atoms with Gasteiger partial charge in [0, 0.05) is 18.8 Å². The van der Waals surface area contributed by atoms with Crippen LogP contribution in [0.4, 0.5) is 0 Å². The van der Waals surface area contributed by atoms with Gasteiger partial charge in [-0.2, -0.15) is 0 Å². The van der Waals surface area contributed by atoms with Crippen LogP contribution in [0.25, 0.3) is 10.2 Å². The van der Waals surface area contributed by atoms with Crippen LogP contribution in [0.2, 0.25) is 0 Å². The van der Waals surface area contributed by atoms with E-state index in [9.17, 15) is 9.59 Å². The maximum atomic E-state index is 12.3. The lowest BCUT2D eigenvalue weighted by Gasteiger charge is -2.30. The molecule has 2 heterocycles. The highest BCUT2D eigenvalue weighted by molar-refractivity contribution is 8.00.